The first-order valence-electron chi connectivity index (χ1n) is 7.42. The normalized spacial score (nSPS) is 18.6. The van der Waals surface area contributed by atoms with Gasteiger partial charge in [-0.25, -0.2) is 0 Å². The Morgan fingerprint density at radius 3 is 2.76 bits per heavy atom. The molecule has 1 aromatic carbocycles. The maximum Gasteiger partial charge on any atom is 0.305 e. The van der Waals surface area contributed by atoms with Crippen LogP contribution in [0.5, 0.6) is 0 Å². The Labute approximate surface area is 124 Å². The van der Waals surface area contributed by atoms with Crippen molar-refractivity contribution in [1.82, 2.24) is 10.6 Å². The molecule has 0 spiro atoms. The van der Waals surface area contributed by atoms with Crippen LogP contribution in [-0.2, 0) is 22.6 Å². The van der Waals surface area contributed by atoms with Crippen LogP contribution in [0.1, 0.15) is 37.3 Å². The van der Waals surface area contributed by atoms with Crippen LogP contribution in [0, 0.1) is 0 Å². The average Bonchev–Trinajstić information content (AvgIpc) is 2.46. The predicted octanol–water partition coefficient (Wildman–Crippen LogP) is 1.46. The summed E-state index contributed by atoms with van der Waals surface area (Å²) in [6.07, 6.45) is 2.15. The van der Waals surface area contributed by atoms with E-state index in [0.717, 1.165) is 6.42 Å². The molecule has 1 aromatic rings. The smallest absolute Gasteiger partial charge is 0.305 e. The lowest BCUT2D eigenvalue weighted by Crippen LogP contribution is -2.50. The van der Waals surface area contributed by atoms with Gasteiger partial charge in [0.2, 0.25) is 5.91 Å². The van der Waals surface area contributed by atoms with Gasteiger partial charge in [-0.05, 0) is 24.0 Å². The molecular weight excluding hydrogens is 268 g/mol. The van der Waals surface area contributed by atoms with Gasteiger partial charge < -0.3 is 15.7 Å². The second kappa shape index (κ2) is 7.22. The number of amides is 1. The third-order valence-electron chi connectivity index (χ3n) is 3.80. The minimum absolute atomic E-state index is 0.0249. The molecule has 0 fully saturated rings. The van der Waals surface area contributed by atoms with Crippen molar-refractivity contribution in [2.75, 3.05) is 0 Å². The lowest BCUT2D eigenvalue weighted by Gasteiger charge is -2.27. The summed E-state index contributed by atoms with van der Waals surface area (Å²) in [4.78, 5) is 23.1. The van der Waals surface area contributed by atoms with Gasteiger partial charge in [-0.2, -0.15) is 0 Å². The highest BCUT2D eigenvalue weighted by Gasteiger charge is 2.26. The number of carbonyl (C=O) groups is 2. The fourth-order valence-corrected chi connectivity index (χ4v) is 2.73. The van der Waals surface area contributed by atoms with Gasteiger partial charge in [-0.3, -0.25) is 9.59 Å². The van der Waals surface area contributed by atoms with Crippen LogP contribution in [-0.4, -0.2) is 29.1 Å². The molecule has 0 saturated heterocycles. The fraction of sp³-hybridized carbons (Fsp3) is 0.500. The molecule has 5 heteroatoms. The van der Waals surface area contributed by atoms with Gasteiger partial charge in [0.05, 0.1) is 12.5 Å². The number of aliphatic carboxylic acids is 1. The Hall–Kier alpha value is -1.88. The van der Waals surface area contributed by atoms with Crippen molar-refractivity contribution in [2.45, 2.75) is 51.2 Å². The predicted molar refractivity (Wildman–Crippen MR) is 79.9 cm³/mol. The number of hydrogen-bond acceptors (Lipinski definition) is 3. The Kier molecular flexibility index (Phi) is 5.33. The average molecular weight is 290 g/mol. The van der Waals surface area contributed by atoms with Crippen LogP contribution < -0.4 is 10.6 Å². The molecule has 21 heavy (non-hydrogen) atoms. The minimum Gasteiger partial charge on any atom is -0.481 e. The maximum absolute atomic E-state index is 12.3. The number of hydrogen-bond donors (Lipinski definition) is 3. The van der Waals surface area contributed by atoms with Gasteiger partial charge in [0.15, 0.2) is 0 Å². The standard InChI is InChI=1S/C16H22N2O3/c1-2-5-13(9-15(19)20)18-16(21)14-8-11-6-3-4-7-12(11)10-17-14/h3-4,6-7,13-14,17H,2,5,8-10H2,1H3,(H,18,21)(H,19,20)/t13?,14-/m0/s1. The monoisotopic (exact) mass is 290 g/mol. The molecule has 3 N–H and O–H groups in total. The topological polar surface area (TPSA) is 78.4 Å². The van der Waals surface area contributed by atoms with Crippen LogP contribution in [0.3, 0.4) is 0 Å². The first kappa shape index (κ1) is 15.5. The quantitative estimate of drug-likeness (QED) is 0.741. The molecule has 114 valence electrons. The van der Waals surface area contributed by atoms with Crippen molar-refractivity contribution in [1.29, 1.82) is 0 Å². The minimum atomic E-state index is -0.879. The van der Waals surface area contributed by atoms with Crippen molar-refractivity contribution in [3.05, 3.63) is 35.4 Å². The number of carbonyl (C=O) groups excluding carboxylic acids is 1. The Morgan fingerprint density at radius 2 is 2.10 bits per heavy atom. The highest BCUT2D eigenvalue weighted by molar-refractivity contribution is 5.83. The molecule has 0 aliphatic carbocycles. The zero-order chi connectivity index (χ0) is 15.2. The molecule has 2 rings (SSSR count). The van der Waals surface area contributed by atoms with E-state index in [1.54, 1.807) is 0 Å². The van der Waals surface area contributed by atoms with Gasteiger partial charge in [0, 0.05) is 12.6 Å². The molecule has 0 saturated carbocycles. The molecule has 2 atom stereocenters. The molecule has 1 amide bonds. The zero-order valence-corrected chi connectivity index (χ0v) is 12.3. The van der Waals surface area contributed by atoms with E-state index in [-0.39, 0.29) is 24.4 Å². The van der Waals surface area contributed by atoms with Gasteiger partial charge in [-0.1, -0.05) is 37.6 Å². The molecule has 1 aliphatic heterocycles. The highest BCUT2D eigenvalue weighted by Crippen LogP contribution is 2.16. The molecule has 1 unspecified atom stereocenters. The Balaban J connectivity index is 1.95. The number of benzene rings is 1. The molecule has 1 aliphatic rings. The lowest BCUT2D eigenvalue weighted by atomic mass is 9.95. The zero-order valence-electron chi connectivity index (χ0n) is 12.3. The summed E-state index contributed by atoms with van der Waals surface area (Å²) >= 11 is 0. The summed E-state index contributed by atoms with van der Waals surface area (Å²) in [7, 11) is 0. The van der Waals surface area contributed by atoms with Crippen LogP contribution in [0.25, 0.3) is 0 Å². The number of carboxylic acid groups (broad SMARTS) is 1. The number of carboxylic acids is 1. The molecule has 0 aromatic heterocycles. The van der Waals surface area contributed by atoms with Crippen molar-refractivity contribution in [3.8, 4) is 0 Å². The Morgan fingerprint density at radius 1 is 1.38 bits per heavy atom. The lowest BCUT2D eigenvalue weighted by molar-refractivity contribution is -0.137. The third kappa shape index (κ3) is 4.29. The van der Waals surface area contributed by atoms with E-state index in [9.17, 15) is 9.59 Å². The SMILES string of the molecule is CCCC(CC(=O)O)NC(=O)[C@@H]1Cc2ccccc2CN1. The number of fused-ring (bicyclic) bond motifs is 1. The van der Waals surface area contributed by atoms with Crippen LogP contribution >= 0.6 is 0 Å². The highest BCUT2D eigenvalue weighted by atomic mass is 16.4. The van der Waals surface area contributed by atoms with E-state index in [2.05, 4.69) is 16.7 Å². The second-order valence-electron chi connectivity index (χ2n) is 5.50. The van der Waals surface area contributed by atoms with E-state index in [4.69, 9.17) is 5.11 Å². The van der Waals surface area contributed by atoms with Crippen molar-refractivity contribution >= 4 is 11.9 Å². The molecule has 1 heterocycles. The van der Waals surface area contributed by atoms with E-state index < -0.39 is 5.97 Å². The van der Waals surface area contributed by atoms with Crippen molar-refractivity contribution in [2.24, 2.45) is 0 Å². The largest absolute Gasteiger partial charge is 0.481 e. The van der Waals surface area contributed by atoms with Crippen molar-refractivity contribution in [3.63, 3.8) is 0 Å². The summed E-state index contributed by atoms with van der Waals surface area (Å²) in [6.45, 7) is 2.65. The maximum atomic E-state index is 12.3. The fourth-order valence-electron chi connectivity index (χ4n) is 2.73. The molecule has 0 radical (unpaired) electrons. The third-order valence-corrected chi connectivity index (χ3v) is 3.80. The number of nitrogens with one attached hydrogen (secondary N) is 2. The van der Waals surface area contributed by atoms with E-state index >= 15 is 0 Å². The van der Waals surface area contributed by atoms with Crippen LogP contribution in [0.15, 0.2) is 24.3 Å². The van der Waals surface area contributed by atoms with Crippen molar-refractivity contribution < 1.29 is 14.7 Å². The molecule has 0 bridgehead atoms. The first-order valence-corrected chi connectivity index (χ1v) is 7.42. The second-order valence-corrected chi connectivity index (χ2v) is 5.50. The summed E-state index contributed by atoms with van der Waals surface area (Å²) in [5.74, 6) is -0.986. The number of rotatable bonds is 6. The van der Waals surface area contributed by atoms with Crippen LogP contribution in [0.2, 0.25) is 0 Å². The summed E-state index contributed by atoms with van der Waals surface area (Å²) < 4.78 is 0. The summed E-state index contributed by atoms with van der Waals surface area (Å²) in [5, 5.41) is 15.0. The van der Waals surface area contributed by atoms with E-state index in [1.807, 2.05) is 25.1 Å². The summed E-state index contributed by atoms with van der Waals surface area (Å²) in [5.41, 5.74) is 2.40. The molecule has 5 nitrogen and oxygen atoms in total. The van der Waals surface area contributed by atoms with Gasteiger partial charge in [0.1, 0.15) is 0 Å². The van der Waals surface area contributed by atoms with E-state index in [0.29, 0.717) is 19.4 Å². The van der Waals surface area contributed by atoms with E-state index in [1.165, 1.54) is 11.1 Å². The Bertz CT molecular complexity index is 516. The van der Waals surface area contributed by atoms with Gasteiger partial charge >= 0.3 is 5.97 Å². The van der Waals surface area contributed by atoms with Gasteiger partial charge in [-0.15, -0.1) is 0 Å². The molecular formula is C16H22N2O3. The summed E-state index contributed by atoms with van der Waals surface area (Å²) in [6, 6.07) is 7.49. The van der Waals surface area contributed by atoms with Crippen LogP contribution in [0.4, 0.5) is 0 Å². The van der Waals surface area contributed by atoms with Gasteiger partial charge in [0.25, 0.3) is 0 Å². The first-order chi connectivity index (χ1) is 10.1.